The van der Waals surface area contributed by atoms with Crippen molar-refractivity contribution in [3.8, 4) is 6.07 Å². The van der Waals surface area contributed by atoms with Gasteiger partial charge in [-0.3, -0.25) is 0 Å². The molecule has 0 radical (unpaired) electrons. The Kier molecular flexibility index (Phi) is 5.41. The van der Waals surface area contributed by atoms with Crippen LogP contribution >= 0.6 is 0 Å². The molecule has 0 aliphatic rings. The number of nitrogens with zero attached hydrogens (tertiary/aromatic N) is 1. The molecule has 0 aromatic heterocycles. The van der Waals surface area contributed by atoms with Gasteiger partial charge in [-0.1, -0.05) is 11.6 Å². The van der Waals surface area contributed by atoms with Crippen LogP contribution in [0.5, 0.6) is 0 Å². The van der Waals surface area contributed by atoms with E-state index in [1.165, 1.54) is 5.57 Å². The molecule has 1 unspecified atom stereocenters. The maximum Gasteiger partial charge on any atom is 0.0632 e. The summed E-state index contributed by atoms with van der Waals surface area (Å²) in [5.41, 5.74) is 0.595. The molecule has 0 bridgehead atoms. The van der Waals surface area contributed by atoms with Crippen LogP contribution in [0.25, 0.3) is 0 Å². The first-order valence-corrected chi connectivity index (χ1v) is 4.70. The zero-order valence-electron chi connectivity index (χ0n) is 8.80. The van der Waals surface area contributed by atoms with Gasteiger partial charge in [-0.2, -0.15) is 5.26 Å². The molecule has 0 amide bonds. The third-order valence-corrected chi connectivity index (χ3v) is 2.01. The van der Waals surface area contributed by atoms with Crippen LogP contribution in [0.4, 0.5) is 0 Å². The van der Waals surface area contributed by atoms with Crippen molar-refractivity contribution in [1.29, 1.82) is 5.26 Å². The summed E-state index contributed by atoms with van der Waals surface area (Å²) in [4.78, 5) is 0. The van der Waals surface area contributed by atoms with E-state index in [0.717, 1.165) is 12.8 Å². The number of aliphatic hydroxyl groups is 1. The van der Waals surface area contributed by atoms with Gasteiger partial charge in [-0.25, -0.2) is 0 Å². The average molecular weight is 181 g/mol. The molecule has 2 heteroatoms. The molecule has 0 aromatic carbocycles. The molecule has 0 spiro atoms. The normalized spacial score (nSPS) is 14.4. The fourth-order valence-corrected chi connectivity index (χ4v) is 1.12. The molecule has 0 saturated heterocycles. The quantitative estimate of drug-likeness (QED) is 0.663. The van der Waals surface area contributed by atoms with Gasteiger partial charge in [0.1, 0.15) is 0 Å². The molecular weight excluding hydrogens is 162 g/mol. The maximum absolute atomic E-state index is 9.78. The molecule has 2 nitrogen and oxygen atoms in total. The van der Waals surface area contributed by atoms with E-state index in [1.54, 1.807) is 6.92 Å². The first-order valence-electron chi connectivity index (χ1n) is 4.70. The third kappa shape index (κ3) is 7.55. The molecule has 0 fully saturated rings. The molecule has 0 aliphatic heterocycles. The second-order valence-electron chi connectivity index (χ2n) is 3.98. The lowest BCUT2D eigenvalue weighted by Gasteiger charge is -2.20. The van der Waals surface area contributed by atoms with Gasteiger partial charge in [0.2, 0.25) is 0 Å². The highest BCUT2D eigenvalue weighted by molar-refractivity contribution is 4.94. The highest BCUT2D eigenvalue weighted by Crippen LogP contribution is 2.18. The zero-order valence-corrected chi connectivity index (χ0v) is 8.80. The lowest BCUT2D eigenvalue weighted by Crippen LogP contribution is -2.23. The predicted molar refractivity (Wildman–Crippen MR) is 54.1 cm³/mol. The number of hydrogen-bond acceptors (Lipinski definition) is 2. The van der Waals surface area contributed by atoms with E-state index in [-0.39, 0.29) is 0 Å². The van der Waals surface area contributed by atoms with Gasteiger partial charge in [0.05, 0.1) is 11.7 Å². The van der Waals surface area contributed by atoms with Crippen molar-refractivity contribution in [1.82, 2.24) is 0 Å². The predicted octanol–water partition coefficient (Wildman–Crippen LogP) is 2.79. The summed E-state index contributed by atoms with van der Waals surface area (Å²) in [5.74, 6) is 0. The lowest BCUT2D eigenvalue weighted by atomic mass is 9.94. The van der Waals surface area contributed by atoms with Gasteiger partial charge >= 0.3 is 0 Å². The summed E-state index contributed by atoms with van der Waals surface area (Å²) in [5, 5.41) is 18.1. The maximum atomic E-state index is 9.78. The van der Waals surface area contributed by atoms with Crippen molar-refractivity contribution in [3.63, 3.8) is 0 Å². The van der Waals surface area contributed by atoms with Crippen molar-refractivity contribution in [2.24, 2.45) is 0 Å². The Hall–Kier alpha value is -0.810. The number of nitriles is 1. The third-order valence-electron chi connectivity index (χ3n) is 2.01. The minimum atomic E-state index is -0.679. The lowest BCUT2D eigenvalue weighted by molar-refractivity contribution is 0.0444. The van der Waals surface area contributed by atoms with Gasteiger partial charge in [0, 0.05) is 6.42 Å². The summed E-state index contributed by atoms with van der Waals surface area (Å²) >= 11 is 0. The first kappa shape index (κ1) is 12.2. The Balaban J connectivity index is 3.76. The van der Waals surface area contributed by atoms with Crippen LogP contribution in [-0.2, 0) is 0 Å². The minimum absolute atomic E-state index is 0.432. The minimum Gasteiger partial charge on any atom is -0.390 e. The van der Waals surface area contributed by atoms with E-state index in [0.29, 0.717) is 12.8 Å². The summed E-state index contributed by atoms with van der Waals surface area (Å²) in [6, 6.07) is 2.05. The van der Waals surface area contributed by atoms with E-state index >= 15 is 0 Å². The summed E-state index contributed by atoms with van der Waals surface area (Å²) < 4.78 is 0. The largest absolute Gasteiger partial charge is 0.390 e. The van der Waals surface area contributed by atoms with Gasteiger partial charge in [0.25, 0.3) is 0 Å². The number of allylic oxidation sites excluding steroid dienone is 2. The molecule has 13 heavy (non-hydrogen) atoms. The Morgan fingerprint density at radius 3 is 2.54 bits per heavy atom. The molecule has 1 atom stereocenters. The number of hydrogen-bond donors (Lipinski definition) is 1. The van der Waals surface area contributed by atoms with Gasteiger partial charge in [-0.05, 0) is 40.0 Å². The van der Waals surface area contributed by atoms with Crippen molar-refractivity contribution >= 4 is 0 Å². The first-order chi connectivity index (χ1) is 5.98. The van der Waals surface area contributed by atoms with E-state index in [1.807, 2.05) is 19.9 Å². The van der Waals surface area contributed by atoms with Crippen LogP contribution < -0.4 is 0 Å². The van der Waals surface area contributed by atoms with Gasteiger partial charge in [-0.15, -0.1) is 0 Å². The van der Waals surface area contributed by atoms with Crippen molar-refractivity contribution in [2.75, 3.05) is 0 Å². The van der Waals surface area contributed by atoms with Crippen LogP contribution in [-0.4, -0.2) is 10.7 Å². The van der Waals surface area contributed by atoms with Gasteiger partial charge in [0.15, 0.2) is 0 Å². The van der Waals surface area contributed by atoms with Crippen molar-refractivity contribution in [2.45, 2.75) is 52.1 Å². The van der Waals surface area contributed by atoms with Crippen molar-refractivity contribution in [3.05, 3.63) is 11.6 Å². The summed E-state index contributed by atoms with van der Waals surface area (Å²) in [6.45, 7) is 5.89. The average Bonchev–Trinajstić information content (AvgIpc) is 2.00. The highest BCUT2D eigenvalue weighted by Gasteiger charge is 2.18. The molecule has 74 valence electrons. The fraction of sp³-hybridized carbons (Fsp3) is 0.727. The molecule has 0 heterocycles. The SMILES string of the molecule is CC(C)=CCCC(C)(O)CCC#N. The van der Waals surface area contributed by atoms with Crippen LogP contribution in [0.15, 0.2) is 11.6 Å². The monoisotopic (exact) mass is 181 g/mol. The molecule has 0 saturated carbocycles. The zero-order chi connectivity index (χ0) is 10.3. The Labute approximate surface area is 80.9 Å². The molecule has 1 N–H and O–H groups in total. The smallest absolute Gasteiger partial charge is 0.0632 e. The van der Waals surface area contributed by atoms with E-state index in [9.17, 15) is 5.11 Å². The topological polar surface area (TPSA) is 44.0 Å². The van der Waals surface area contributed by atoms with Crippen molar-refractivity contribution < 1.29 is 5.11 Å². The van der Waals surface area contributed by atoms with Crippen LogP contribution in [0.3, 0.4) is 0 Å². The van der Waals surface area contributed by atoms with E-state index < -0.39 is 5.60 Å². The van der Waals surface area contributed by atoms with Crippen LogP contribution in [0, 0.1) is 11.3 Å². The standard InChI is InChI=1S/C11H19NO/c1-10(2)6-4-7-11(3,13)8-5-9-12/h6,13H,4-5,7-8H2,1-3H3. The summed E-state index contributed by atoms with van der Waals surface area (Å²) in [6.07, 6.45) is 4.74. The molecule has 0 rings (SSSR count). The summed E-state index contributed by atoms with van der Waals surface area (Å²) in [7, 11) is 0. The fourth-order valence-electron chi connectivity index (χ4n) is 1.12. The molecule has 0 aliphatic carbocycles. The highest BCUT2D eigenvalue weighted by atomic mass is 16.3. The van der Waals surface area contributed by atoms with E-state index in [2.05, 4.69) is 6.08 Å². The second kappa shape index (κ2) is 5.77. The Morgan fingerprint density at radius 2 is 2.08 bits per heavy atom. The van der Waals surface area contributed by atoms with E-state index in [4.69, 9.17) is 5.26 Å². The molecule has 0 aromatic rings. The Morgan fingerprint density at radius 1 is 1.46 bits per heavy atom. The van der Waals surface area contributed by atoms with Gasteiger partial charge < -0.3 is 5.11 Å². The molecular formula is C11H19NO. The van der Waals surface area contributed by atoms with Crippen LogP contribution in [0.2, 0.25) is 0 Å². The second-order valence-corrected chi connectivity index (χ2v) is 3.98. The van der Waals surface area contributed by atoms with Crippen LogP contribution in [0.1, 0.15) is 46.5 Å². The number of rotatable bonds is 5. The Bertz CT molecular complexity index is 207.